The molecule has 3 heteroatoms. The van der Waals surface area contributed by atoms with E-state index in [1.54, 1.807) is 0 Å². The van der Waals surface area contributed by atoms with Gasteiger partial charge in [0.05, 0.1) is 12.2 Å². The minimum Gasteiger partial charge on any atom is -0.388 e. The molecule has 1 aliphatic heterocycles. The largest absolute Gasteiger partial charge is 0.388 e. The highest BCUT2D eigenvalue weighted by molar-refractivity contribution is 5.17. The molecule has 0 aliphatic carbocycles. The van der Waals surface area contributed by atoms with Crippen molar-refractivity contribution < 1.29 is 9.84 Å². The van der Waals surface area contributed by atoms with E-state index < -0.39 is 6.10 Å². The zero-order valence-corrected chi connectivity index (χ0v) is 12.7. The molecule has 2 rings (SSSR count). The van der Waals surface area contributed by atoms with Gasteiger partial charge in [0.1, 0.15) is 0 Å². The van der Waals surface area contributed by atoms with E-state index in [1.165, 1.54) is 19.3 Å². The second-order valence-electron chi connectivity index (χ2n) is 6.04. The van der Waals surface area contributed by atoms with Crippen molar-refractivity contribution in [1.82, 2.24) is 4.90 Å². The van der Waals surface area contributed by atoms with Crippen LogP contribution in [-0.4, -0.2) is 42.9 Å². The lowest BCUT2D eigenvalue weighted by Crippen LogP contribution is -2.36. The van der Waals surface area contributed by atoms with Crippen molar-refractivity contribution in [1.29, 1.82) is 0 Å². The topological polar surface area (TPSA) is 32.7 Å². The van der Waals surface area contributed by atoms with Gasteiger partial charge in [-0.15, -0.1) is 0 Å². The first-order valence-corrected chi connectivity index (χ1v) is 7.70. The smallest absolute Gasteiger partial charge is 0.0827 e. The molecule has 3 unspecified atom stereocenters. The Kier molecular flexibility index (Phi) is 6.02. The number of hydrogen-bond donors (Lipinski definition) is 1. The quantitative estimate of drug-likeness (QED) is 0.868. The van der Waals surface area contributed by atoms with Gasteiger partial charge >= 0.3 is 0 Å². The normalized spacial score (nSPS) is 22.7. The third kappa shape index (κ3) is 4.58. The van der Waals surface area contributed by atoms with Crippen molar-refractivity contribution in [3.05, 3.63) is 35.9 Å². The van der Waals surface area contributed by atoms with Crippen LogP contribution in [0, 0.1) is 5.92 Å². The molecular weight excluding hydrogens is 250 g/mol. The van der Waals surface area contributed by atoms with Crippen LogP contribution in [0.2, 0.25) is 0 Å². The molecule has 0 spiro atoms. The number of likely N-dealkylation sites (N-methyl/N-ethyl adjacent to an activating group) is 1. The molecule has 3 atom stereocenters. The fourth-order valence-corrected chi connectivity index (χ4v) is 2.94. The number of nitrogens with zero attached hydrogens (tertiary/aromatic N) is 1. The van der Waals surface area contributed by atoms with E-state index >= 15 is 0 Å². The third-order valence-corrected chi connectivity index (χ3v) is 4.07. The van der Waals surface area contributed by atoms with Gasteiger partial charge in [-0.2, -0.15) is 0 Å². The highest BCUT2D eigenvalue weighted by atomic mass is 16.5. The molecule has 1 aromatic carbocycles. The van der Waals surface area contributed by atoms with E-state index in [0.29, 0.717) is 6.10 Å². The first-order chi connectivity index (χ1) is 9.66. The van der Waals surface area contributed by atoms with Crippen LogP contribution in [-0.2, 0) is 4.74 Å². The molecule has 1 N–H and O–H groups in total. The SMILES string of the molecule is CC(CN(C)CC1CCCCO1)C(O)c1ccccc1. The highest BCUT2D eigenvalue weighted by Gasteiger charge is 2.20. The van der Waals surface area contributed by atoms with E-state index in [1.807, 2.05) is 30.3 Å². The van der Waals surface area contributed by atoms with Crippen molar-refractivity contribution >= 4 is 0 Å². The van der Waals surface area contributed by atoms with Gasteiger partial charge in [-0.05, 0) is 37.8 Å². The van der Waals surface area contributed by atoms with Crippen molar-refractivity contribution in [3.8, 4) is 0 Å². The molecule has 0 bridgehead atoms. The molecule has 0 radical (unpaired) electrons. The molecule has 0 amide bonds. The first-order valence-electron chi connectivity index (χ1n) is 7.70. The van der Waals surface area contributed by atoms with E-state index in [4.69, 9.17) is 4.74 Å². The summed E-state index contributed by atoms with van der Waals surface area (Å²) in [7, 11) is 2.12. The van der Waals surface area contributed by atoms with Gasteiger partial charge in [0.25, 0.3) is 0 Å². The molecular formula is C17H27NO2. The van der Waals surface area contributed by atoms with Crippen LogP contribution in [0.5, 0.6) is 0 Å². The standard InChI is InChI=1S/C17H27NO2/c1-14(17(19)15-8-4-3-5-9-15)12-18(2)13-16-10-6-7-11-20-16/h3-5,8-9,14,16-17,19H,6-7,10-13H2,1-2H3. The highest BCUT2D eigenvalue weighted by Crippen LogP contribution is 2.22. The Labute approximate surface area is 122 Å². The summed E-state index contributed by atoms with van der Waals surface area (Å²) in [6.45, 7) is 4.86. The summed E-state index contributed by atoms with van der Waals surface area (Å²) in [5.74, 6) is 0.214. The van der Waals surface area contributed by atoms with Gasteiger partial charge in [0.2, 0.25) is 0 Å². The lowest BCUT2D eigenvalue weighted by Gasteiger charge is -2.30. The van der Waals surface area contributed by atoms with Gasteiger partial charge in [-0.25, -0.2) is 0 Å². The second-order valence-corrected chi connectivity index (χ2v) is 6.04. The van der Waals surface area contributed by atoms with E-state index in [0.717, 1.165) is 25.3 Å². The van der Waals surface area contributed by atoms with Crippen LogP contribution in [0.3, 0.4) is 0 Å². The van der Waals surface area contributed by atoms with E-state index in [-0.39, 0.29) is 5.92 Å². The molecule has 1 heterocycles. The molecule has 1 aromatic rings. The summed E-state index contributed by atoms with van der Waals surface area (Å²) < 4.78 is 5.77. The minimum atomic E-state index is -0.397. The van der Waals surface area contributed by atoms with E-state index in [2.05, 4.69) is 18.9 Å². The molecule has 0 aromatic heterocycles. The summed E-state index contributed by atoms with van der Waals surface area (Å²) in [5, 5.41) is 10.4. The zero-order chi connectivity index (χ0) is 14.4. The average molecular weight is 277 g/mol. The number of ether oxygens (including phenoxy) is 1. The summed E-state index contributed by atoms with van der Waals surface area (Å²) in [4.78, 5) is 2.28. The van der Waals surface area contributed by atoms with Crippen LogP contribution in [0.15, 0.2) is 30.3 Å². The summed E-state index contributed by atoms with van der Waals surface area (Å²) in [6.07, 6.45) is 3.62. The first kappa shape index (κ1) is 15.5. The van der Waals surface area contributed by atoms with E-state index in [9.17, 15) is 5.11 Å². The van der Waals surface area contributed by atoms with Gasteiger partial charge in [0, 0.05) is 19.7 Å². The van der Waals surface area contributed by atoms with Gasteiger partial charge in [0.15, 0.2) is 0 Å². The van der Waals surface area contributed by atoms with Gasteiger partial charge in [-0.1, -0.05) is 37.3 Å². The number of aliphatic hydroxyl groups excluding tert-OH is 1. The summed E-state index contributed by atoms with van der Waals surface area (Å²) >= 11 is 0. The average Bonchev–Trinajstić information content (AvgIpc) is 2.48. The van der Waals surface area contributed by atoms with Crippen molar-refractivity contribution in [2.45, 2.75) is 38.4 Å². The Hall–Kier alpha value is -0.900. The molecule has 1 fully saturated rings. The Balaban J connectivity index is 1.79. The maximum atomic E-state index is 10.4. The number of aliphatic hydroxyl groups is 1. The fraction of sp³-hybridized carbons (Fsp3) is 0.647. The monoisotopic (exact) mass is 277 g/mol. The van der Waals surface area contributed by atoms with Crippen LogP contribution < -0.4 is 0 Å². The molecule has 112 valence electrons. The Morgan fingerprint density at radius 3 is 2.70 bits per heavy atom. The third-order valence-electron chi connectivity index (χ3n) is 4.07. The maximum Gasteiger partial charge on any atom is 0.0827 e. The van der Waals surface area contributed by atoms with Crippen LogP contribution in [0.25, 0.3) is 0 Å². The molecule has 3 nitrogen and oxygen atoms in total. The molecule has 1 aliphatic rings. The number of rotatable bonds is 6. The number of benzene rings is 1. The fourth-order valence-electron chi connectivity index (χ4n) is 2.94. The van der Waals surface area contributed by atoms with Crippen LogP contribution in [0.4, 0.5) is 0 Å². The van der Waals surface area contributed by atoms with Crippen molar-refractivity contribution in [2.24, 2.45) is 5.92 Å². The van der Waals surface area contributed by atoms with Crippen molar-refractivity contribution in [3.63, 3.8) is 0 Å². The lowest BCUT2D eigenvalue weighted by molar-refractivity contribution is -0.00742. The molecule has 1 saturated heterocycles. The van der Waals surface area contributed by atoms with Crippen LogP contribution >= 0.6 is 0 Å². The van der Waals surface area contributed by atoms with Gasteiger partial charge in [-0.3, -0.25) is 0 Å². The minimum absolute atomic E-state index is 0.214. The van der Waals surface area contributed by atoms with Gasteiger partial charge < -0.3 is 14.7 Å². The maximum absolute atomic E-state index is 10.4. The summed E-state index contributed by atoms with van der Waals surface area (Å²) in [5.41, 5.74) is 1.00. The van der Waals surface area contributed by atoms with Crippen LogP contribution in [0.1, 0.15) is 37.9 Å². The number of hydrogen-bond acceptors (Lipinski definition) is 3. The molecule has 20 heavy (non-hydrogen) atoms. The summed E-state index contributed by atoms with van der Waals surface area (Å²) in [6, 6.07) is 9.92. The molecule has 0 saturated carbocycles. The van der Waals surface area contributed by atoms with Crippen molar-refractivity contribution in [2.75, 3.05) is 26.7 Å². The Bertz CT molecular complexity index is 376. The Morgan fingerprint density at radius 1 is 1.30 bits per heavy atom. The predicted molar refractivity (Wildman–Crippen MR) is 81.7 cm³/mol. The lowest BCUT2D eigenvalue weighted by atomic mass is 9.97. The predicted octanol–water partition coefficient (Wildman–Crippen LogP) is 2.86. The zero-order valence-electron chi connectivity index (χ0n) is 12.7. The second kappa shape index (κ2) is 7.77. The Morgan fingerprint density at radius 2 is 2.05 bits per heavy atom.